The summed E-state index contributed by atoms with van der Waals surface area (Å²) in [4.78, 5) is 2.26. The van der Waals surface area contributed by atoms with Crippen molar-refractivity contribution in [2.75, 3.05) is 0 Å². The minimum atomic E-state index is 0.239. The van der Waals surface area contributed by atoms with Crippen molar-refractivity contribution < 1.29 is 0 Å². The Labute approximate surface area is 134 Å². The highest BCUT2D eigenvalue weighted by molar-refractivity contribution is 7.99. The predicted molar refractivity (Wildman–Crippen MR) is 89.0 cm³/mol. The third-order valence-electron chi connectivity index (χ3n) is 3.07. The largest absolute Gasteiger partial charge is 0.327 e. The first-order valence-electron chi connectivity index (χ1n) is 6.56. The molecule has 0 heterocycles. The van der Waals surface area contributed by atoms with Gasteiger partial charge in [-0.25, -0.2) is 0 Å². The predicted octanol–water partition coefficient (Wildman–Crippen LogP) is 5.42. The maximum absolute atomic E-state index is 6.02. The molecule has 2 aromatic rings. The lowest BCUT2D eigenvalue weighted by Gasteiger charge is -2.09. The van der Waals surface area contributed by atoms with Crippen LogP contribution in [0.4, 0.5) is 0 Å². The summed E-state index contributed by atoms with van der Waals surface area (Å²) in [5.74, 6) is 0. The Morgan fingerprint density at radius 2 is 1.65 bits per heavy atom. The van der Waals surface area contributed by atoms with Gasteiger partial charge in [-0.15, -0.1) is 0 Å². The molecule has 0 saturated carbocycles. The van der Waals surface area contributed by atoms with Gasteiger partial charge in [-0.1, -0.05) is 54.0 Å². The van der Waals surface area contributed by atoms with Crippen LogP contribution in [0.2, 0.25) is 10.0 Å². The van der Waals surface area contributed by atoms with Crippen LogP contribution in [-0.2, 0) is 6.42 Å². The van der Waals surface area contributed by atoms with Crippen LogP contribution in [0.15, 0.2) is 52.3 Å². The number of benzene rings is 2. The first-order valence-corrected chi connectivity index (χ1v) is 8.13. The van der Waals surface area contributed by atoms with Gasteiger partial charge in [-0.05, 0) is 48.7 Å². The number of halogens is 2. The van der Waals surface area contributed by atoms with Gasteiger partial charge in [-0.3, -0.25) is 0 Å². The highest BCUT2D eigenvalue weighted by atomic mass is 35.5. The van der Waals surface area contributed by atoms with Crippen molar-refractivity contribution in [2.24, 2.45) is 5.73 Å². The van der Waals surface area contributed by atoms with Crippen molar-refractivity contribution >= 4 is 35.0 Å². The van der Waals surface area contributed by atoms with Gasteiger partial charge in [0.05, 0.1) is 10.0 Å². The van der Waals surface area contributed by atoms with Crippen LogP contribution in [0, 0.1) is 0 Å². The molecule has 0 saturated heterocycles. The summed E-state index contributed by atoms with van der Waals surface area (Å²) in [6.07, 6.45) is 1.92. The Hall–Kier alpha value is -0.670. The second kappa shape index (κ2) is 7.37. The summed E-state index contributed by atoms with van der Waals surface area (Å²) in [5.41, 5.74) is 7.24. The number of nitrogens with two attached hydrogens (primary N) is 1. The standard InChI is InChI=1S/C16H17Cl2NS/c1-2-12(19)9-11-3-5-13(6-4-11)20-14-7-8-15(17)16(18)10-14/h3-8,10,12H,2,9,19H2,1H3. The second-order valence-electron chi connectivity index (χ2n) is 4.69. The molecule has 0 aliphatic carbocycles. The molecular weight excluding hydrogens is 309 g/mol. The average Bonchev–Trinajstić information content (AvgIpc) is 2.45. The van der Waals surface area contributed by atoms with Gasteiger partial charge >= 0.3 is 0 Å². The molecule has 0 aromatic heterocycles. The van der Waals surface area contributed by atoms with Crippen molar-refractivity contribution in [3.05, 3.63) is 58.1 Å². The van der Waals surface area contributed by atoms with E-state index in [4.69, 9.17) is 28.9 Å². The molecule has 1 unspecified atom stereocenters. The summed E-state index contributed by atoms with van der Waals surface area (Å²) in [6, 6.07) is 14.4. The summed E-state index contributed by atoms with van der Waals surface area (Å²) >= 11 is 13.6. The van der Waals surface area contributed by atoms with Crippen LogP contribution in [0.25, 0.3) is 0 Å². The smallest absolute Gasteiger partial charge is 0.0603 e. The Balaban J connectivity index is 2.04. The third-order valence-corrected chi connectivity index (χ3v) is 4.81. The lowest BCUT2D eigenvalue weighted by Crippen LogP contribution is -2.21. The lowest BCUT2D eigenvalue weighted by molar-refractivity contribution is 0.646. The number of hydrogen-bond donors (Lipinski definition) is 1. The van der Waals surface area contributed by atoms with Gasteiger partial charge in [0.25, 0.3) is 0 Å². The van der Waals surface area contributed by atoms with Crippen LogP contribution < -0.4 is 5.73 Å². The molecule has 2 N–H and O–H groups in total. The Morgan fingerprint density at radius 1 is 1.00 bits per heavy atom. The molecule has 2 aromatic carbocycles. The molecule has 106 valence electrons. The lowest BCUT2D eigenvalue weighted by atomic mass is 10.1. The molecule has 0 bridgehead atoms. The van der Waals surface area contributed by atoms with Crippen LogP contribution in [0.1, 0.15) is 18.9 Å². The molecule has 1 atom stereocenters. The number of hydrogen-bond acceptors (Lipinski definition) is 2. The van der Waals surface area contributed by atoms with Crippen LogP contribution in [0.5, 0.6) is 0 Å². The van der Waals surface area contributed by atoms with Crippen molar-refractivity contribution in [3.63, 3.8) is 0 Å². The van der Waals surface area contributed by atoms with Crippen LogP contribution in [0.3, 0.4) is 0 Å². The average molecular weight is 326 g/mol. The fraction of sp³-hybridized carbons (Fsp3) is 0.250. The van der Waals surface area contributed by atoms with E-state index in [1.165, 1.54) is 10.5 Å². The minimum absolute atomic E-state index is 0.239. The topological polar surface area (TPSA) is 26.0 Å². The molecule has 0 amide bonds. The Kier molecular flexibility index (Phi) is 5.79. The zero-order chi connectivity index (χ0) is 14.5. The first kappa shape index (κ1) is 15.7. The fourth-order valence-electron chi connectivity index (χ4n) is 1.82. The van der Waals surface area contributed by atoms with Crippen LogP contribution >= 0.6 is 35.0 Å². The maximum atomic E-state index is 6.02. The van der Waals surface area contributed by atoms with Gasteiger partial charge < -0.3 is 5.73 Å². The van der Waals surface area contributed by atoms with E-state index in [2.05, 4.69) is 31.2 Å². The van der Waals surface area contributed by atoms with E-state index in [1.807, 2.05) is 18.2 Å². The molecule has 0 aliphatic rings. The normalized spacial score (nSPS) is 12.4. The first-order chi connectivity index (χ1) is 9.58. The van der Waals surface area contributed by atoms with E-state index in [1.54, 1.807) is 11.8 Å². The van der Waals surface area contributed by atoms with Gasteiger partial charge in [-0.2, -0.15) is 0 Å². The van der Waals surface area contributed by atoms with Gasteiger partial charge in [0.1, 0.15) is 0 Å². The Morgan fingerprint density at radius 3 is 2.25 bits per heavy atom. The van der Waals surface area contributed by atoms with E-state index >= 15 is 0 Å². The van der Waals surface area contributed by atoms with Crippen LogP contribution in [-0.4, -0.2) is 6.04 Å². The van der Waals surface area contributed by atoms with Crippen molar-refractivity contribution in [1.29, 1.82) is 0 Å². The maximum Gasteiger partial charge on any atom is 0.0603 e. The molecular formula is C16H17Cl2NS. The zero-order valence-corrected chi connectivity index (χ0v) is 13.6. The summed E-state index contributed by atoms with van der Waals surface area (Å²) in [6.45, 7) is 2.11. The van der Waals surface area contributed by atoms with Gasteiger partial charge in [0, 0.05) is 15.8 Å². The van der Waals surface area contributed by atoms with Crippen molar-refractivity contribution in [2.45, 2.75) is 35.6 Å². The highest BCUT2D eigenvalue weighted by Crippen LogP contribution is 2.32. The Bertz CT molecular complexity index is 569. The second-order valence-corrected chi connectivity index (χ2v) is 6.66. The van der Waals surface area contributed by atoms with E-state index in [0.29, 0.717) is 10.0 Å². The van der Waals surface area contributed by atoms with E-state index in [0.717, 1.165) is 17.7 Å². The molecule has 0 aliphatic heterocycles. The molecule has 0 fully saturated rings. The summed E-state index contributed by atoms with van der Waals surface area (Å²) in [7, 11) is 0. The van der Waals surface area contributed by atoms with Crippen molar-refractivity contribution in [3.8, 4) is 0 Å². The zero-order valence-electron chi connectivity index (χ0n) is 11.3. The minimum Gasteiger partial charge on any atom is -0.327 e. The molecule has 2 rings (SSSR count). The van der Waals surface area contributed by atoms with Gasteiger partial charge in [0.15, 0.2) is 0 Å². The fourth-order valence-corrected chi connectivity index (χ4v) is 3.04. The third kappa shape index (κ3) is 4.42. The molecule has 20 heavy (non-hydrogen) atoms. The SMILES string of the molecule is CCC(N)Cc1ccc(Sc2ccc(Cl)c(Cl)c2)cc1. The van der Waals surface area contributed by atoms with Crippen molar-refractivity contribution in [1.82, 2.24) is 0 Å². The molecule has 4 heteroatoms. The quantitative estimate of drug-likeness (QED) is 0.793. The van der Waals surface area contributed by atoms with E-state index < -0.39 is 0 Å². The monoisotopic (exact) mass is 325 g/mol. The van der Waals surface area contributed by atoms with E-state index in [9.17, 15) is 0 Å². The summed E-state index contributed by atoms with van der Waals surface area (Å²) in [5, 5.41) is 1.17. The molecule has 0 radical (unpaired) electrons. The van der Waals surface area contributed by atoms with Gasteiger partial charge in [0.2, 0.25) is 0 Å². The number of rotatable bonds is 5. The molecule has 1 nitrogen and oxygen atoms in total. The highest BCUT2D eigenvalue weighted by Gasteiger charge is 2.04. The molecule has 0 spiro atoms. The summed E-state index contributed by atoms with van der Waals surface area (Å²) < 4.78 is 0. The van der Waals surface area contributed by atoms with E-state index in [-0.39, 0.29) is 6.04 Å².